The molecule has 1 heterocycles. The van der Waals surface area contributed by atoms with Crippen molar-refractivity contribution in [3.8, 4) is 17.2 Å². The van der Waals surface area contributed by atoms with E-state index in [0.29, 0.717) is 22.9 Å². The smallest absolute Gasteiger partial charge is 0.278 e. The lowest BCUT2D eigenvalue weighted by atomic mass is 10.1. The zero-order chi connectivity index (χ0) is 19.6. The van der Waals surface area contributed by atoms with Crippen molar-refractivity contribution in [1.29, 1.82) is 0 Å². The molecule has 1 amide bonds. The van der Waals surface area contributed by atoms with Crippen LogP contribution in [0, 0.1) is 20.8 Å². The number of ether oxygens (including phenoxy) is 2. The minimum Gasteiger partial charge on any atom is -0.497 e. The van der Waals surface area contributed by atoms with Gasteiger partial charge in [-0.05, 0) is 56.2 Å². The molecule has 0 aliphatic carbocycles. The van der Waals surface area contributed by atoms with Gasteiger partial charge in [0, 0.05) is 6.07 Å². The molecule has 0 spiro atoms. The van der Waals surface area contributed by atoms with Crippen molar-refractivity contribution >= 4 is 11.6 Å². The first-order valence-electron chi connectivity index (χ1n) is 8.48. The molecule has 0 aliphatic rings. The summed E-state index contributed by atoms with van der Waals surface area (Å²) in [7, 11) is 3.10. The van der Waals surface area contributed by atoms with Crippen molar-refractivity contribution in [3.63, 3.8) is 0 Å². The number of nitrogens with one attached hydrogen (secondary N) is 1. The molecular weight excluding hydrogens is 344 g/mol. The summed E-state index contributed by atoms with van der Waals surface area (Å²) in [5.74, 6) is 0.787. The molecule has 0 aliphatic heterocycles. The summed E-state index contributed by atoms with van der Waals surface area (Å²) in [6.07, 6.45) is 0. The quantitative estimate of drug-likeness (QED) is 0.748. The molecule has 0 radical (unpaired) electrons. The zero-order valence-corrected chi connectivity index (χ0v) is 16.0. The van der Waals surface area contributed by atoms with Crippen LogP contribution in [0.15, 0.2) is 36.4 Å². The van der Waals surface area contributed by atoms with E-state index in [4.69, 9.17) is 9.47 Å². The lowest BCUT2D eigenvalue weighted by Gasteiger charge is -2.11. The van der Waals surface area contributed by atoms with Crippen molar-refractivity contribution in [2.45, 2.75) is 20.8 Å². The third-order valence-corrected chi connectivity index (χ3v) is 4.50. The summed E-state index contributed by atoms with van der Waals surface area (Å²) < 4.78 is 12.1. The van der Waals surface area contributed by atoms with E-state index in [1.54, 1.807) is 30.0 Å². The summed E-state index contributed by atoms with van der Waals surface area (Å²) in [6.45, 7) is 5.90. The van der Waals surface area contributed by atoms with E-state index < -0.39 is 0 Å². The first-order chi connectivity index (χ1) is 12.9. The fourth-order valence-corrected chi connectivity index (χ4v) is 2.72. The monoisotopic (exact) mass is 366 g/mol. The Hall–Kier alpha value is -3.35. The number of rotatable bonds is 5. The molecule has 7 nitrogen and oxygen atoms in total. The van der Waals surface area contributed by atoms with Gasteiger partial charge in [0.1, 0.15) is 11.5 Å². The van der Waals surface area contributed by atoms with Crippen molar-refractivity contribution in [2.24, 2.45) is 0 Å². The van der Waals surface area contributed by atoms with Crippen LogP contribution in [0.25, 0.3) is 5.69 Å². The largest absolute Gasteiger partial charge is 0.497 e. The molecule has 140 valence electrons. The van der Waals surface area contributed by atoms with Gasteiger partial charge in [-0.3, -0.25) is 4.79 Å². The van der Waals surface area contributed by atoms with Crippen LogP contribution in [0.3, 0.4) is 0 Å². The maximum Gasteiger partial charge on any atom is 0.278 e. The predicted octanol–water partition coefficient (Wildman–Crippen LogP) is 3.46. The molecule has 0 unspecified atom stereocenters. The van der Waals surface area contributed by atoms with Gasteiger partial charge in [0.15, 0.2) is 5.69 Å². The van der Waals surface area contributed by atoms with Crippen molar-refractivity contribution in [3.05, 3.63) is 58.9 Å². The summed E-state index contributed by atoms with van der Waals surface area (Å²) >= 11 is 0. The normalized spacial score (nSPS) is 10.6. The Morgan fingerprint density at radius 2 is 1.78 bits per heavy atom. The van der Waals surface area contributed by atoms with Crippen LogP contribution in [-0.2, 0) is 0 Å². The molecule has 2 aromatic carbocycles. The van der Waals surface area contributed by atoms with Crippen molar-refractivity contribution in [2.75, 3.05) is 19.5 Å². The number of hydrogen-bond acceptors (Lipinski definition) is 5. The van der Waals surface area contributed by atoms with Crippen LogP contribution in [0.2, 0.25) is 0 Å². The molecule has 0 bridgehead atoms. The molecule has 7 heteroatoms. The van der Waals surface area contributed by atoms with Gasteiger partial charge in [-0.1, -0.05) is 11.3 Å². The third-order valence-electron chi connectivity index (χ3n) is 4.50. The highest BCUT2D eigenvalue weighted by Gasteiger charge is 2.19. The predicted molar refractivity (Wildman–Crippen MR) is 103 cm³/mol. The lowest BCUT2D eigenvalue weighted by Crippen LogP contribution is -2.15. The first kappa shape index (κ1) is 18.4. The van der Waals surface area contributed by atoms with Gasteiger partial charge in [-0.2, -0.15) is 0 Å². The van der Waals surface area contributed by atoms with Gasteiger partial charge in [0.25, 0.3) is 5.91 Å². The van der Waals surface area contributed by atoms with Gasteiger partial charge < -0.3 is 14.8 Å². The highest BCUT2D eigenvalue weighted by molar-refractivity contribution is 6.04. The van der Waals surface area contributed by atoms with Crippen molar-refractivity contribution in [1.82, 2.24) is 15.0 Å². The first-order valence-corrected chi connectivity index (χ1v) is 8.48. The van der Waals surface area contributed by atoms with Crippen LogP contribution in [0.5, 0.6) is 11.5 Å². The van der Waals surface area contributed by atoms with Crippen LogP contribution >= 0.6 is 0 Å². The van der Waals surface area contributed by atoms with E-state index in [-0.39, 0.29) is 11.6 Å². The maximum absolute atomic E-state index is 12.7. The number of carbonyl (C=O) groups is 1. The minimum atomic E-state index is -0.356. The molecule has 0 fully saturated rings. The Bertz CT molecular complexity index is 995. The Morgan fingerprint density at radius 3 is 2.44 bits per heavy atom. The summed E-state index contributed by atoms with van der Waals surface area (Å²) in [4.78, 5) is 12.7. The van der Waals surface area contributed by atoms with Gasteiger partial charge in [0.2, 0.25) is 0 Å². The number of methoxy groups -OCH3 is 2. The average Bonchev–Trinajstić information content (AvgIpc) is 3.05. The maximum atomic E-state index is 12.7. The van der Waals surface area contributed by atoms with E-state index in [2.05, 4.69) is 22.6 Å². The standard InChI is InChI=1S/C20H22N4O3/c1-12-6-7-15(10-13(12)2)24-14(3)19(22-23-24)20(25)21-17-9-8-16(26-4)11-18(17)27-5/h6-11H,1-5H3,(H,21,25). The number of hydrogen-bond donors (Lipinski definition) is 1. The summed E-state index contributed by atoms with van der Waals surface area (Å²) in [6, 6.07) is 11.2. The van der Waals surface area contributed by atoms with Gasteiger partial charge >= 0.3 is 0 Å². The number of anilines is 1. The molecular formula is C20H22N4O3. The van der Waals surface area contributed by atoms with Gasteiger partial charge in [0.05, 0.1) is 31.3 Å². The van der Waals surface area contributed by atoms with E-state index in [0.717, 1.165) is 11.3 Å². The molecule has 27 heavy (non-hydrogen) atoms. The van der Waals surface area contributed by atoms with Crippen LogP contribution in [0.1, 0.15) is 27.3 Å². The average molecular weight is 366 g/mol. The summed E-state index contributed by atoms with van der Waals surface area (Å²) in [5, 5.41) is 11.0. The van der Waals surface area contributed by atoms with Gasteiger partial charge in [-0.15, -0.1) is 5.10 Å². The van der Waals surface area contributed by atoms with Gasteiger partial charge in [-0.25, -0.2) is 4.68 Å². The van der Waals surface area contributed by atoms with E-state index >= 15 is 0 Å². The number of nitrogens with zero attached hydrogens (tertiary/aromatic N) is 3. The Balaban J connectivity index is 1.88. The number of carbonyl (C=O) groups excluding carboxylic acids is 1. The zero-order valence-electron chi connectivity index (χ0n) is 16.0. The van der Waals surface area contributed by atoms with E-state index in [1.807, 2.05) is 32.0 Å². The Labute approximate surface area is 157 Å². The minimum absolute atomic E-state index is 0.256. The molecule has 0 saturated carbocycles. The Kier molecular flexibility index (Phi) is 5.12. The highest BCUT2D eigenvalue weighted by atomic mass is 16.5. The third kappa shape index (κ3) is 3.62. The lowest BCUT2D eigenvalue weighted by molar-refractivity contribution is 0.102. The van der Waals surface area contributed by atoms with E-state index in [9.17, 15) is 4.79 Å². The fourth-order valence-electron chi connectivity index (χ4n) is 2.72. The Morgan fingerprint density at radius 1 is 1.00 bits per heavy atom. The SMILES string of the molecule is COc1ccc(NC(=O)c2nnn(-c3ccc(C)c(C)c3)c2C)c(OC)c1. The van der Waals surface area contributed by atoms with Crippen LogP contribution < -0.4 is 14.8 Å². The van der Waals surface area contributed by atoms with Crippen LogP contribution in [-0.4, -0.2) is 35.1 Å². The van der Waals surface area contributed by atoms with Crippen LogP contribution in [0.4, 0.5) is 5.69 Å². The van der Waals surface area contributed by atoms with Crippen molar-refractivity contribution < 1.29 is 14.3 Å². The number of amides is 1. The number of aryl methyl sites for hydroxylation is 2. The molecule has 1 aromatic heterocycles. The molecule has 0 saturated heterocycles. The van der Waals surface area contributed by atoms with E-state index in [1.165, 1.54) is 12.7 Å². The molecule has 0 atom stereocenters. The summed E-state index contributed by atoms with van der Waals surface area (Å²) in [5.41, 5.74) is 4.65. The second-order valence-electron chi connectivity index (χ2n) is 6.22. The number of aromatic nitrogens is 3. The molecule has 1 N–H and O–H groups in total. The molecule has 3 rings (SSSR count). The second-order valence-corrected chi connectivity index (χ2v) is 6.22. The molecule has 3 aromatic rings. The topological polar surface area (TPSA) is 78.3 Å². The highest BCUT2D eigenvalue weighted by Crippen LogP contribution is 2.29. The fraction of sp³-hybridized carbons (Fsp3) is 0.250. The second kappa shape index (κ2) is 7.49. The number of benzene rings is 2.